The number of anilines is 1. The Morgan fingerprint density at radius 1 is 1.20 bits per heavy atom. The topological polar surface area (TPSA) is 49.4 Å². The van der Waals surface area contributed by atoms with E-state index >= 15 is 0 Å². The monoisotopic (exact) mass is 380 g/mol. The average molecular weight is 381 g/mol. The predicted molar refractivity (Wildman–Crippen MR) is 99.6 cm³/mol. The van der Waals surface area contributed by atoms with Crippen LogP contribution in [-0.4, -0.2) is 36.1 Å². The average Bonchev–Trinajstić information content (AvgIpc) is 2.57. The summed E-state index contributed by atoms with van der Waals surface area (Å²) in [6.07, 6.45) is 0. The quantitative estimate of drug-likeness (QED) is 0.771. The van der Waals surface area contributed by atoms with Gasteiger partial charge in [0.05, 0.1) is 17.3 Å². The molecule has 2 amide bonds. The van der Waals surface area contributed by atoms with Crippen LogP contribution in [0.4, 0.5) is 10.1 Å². The van der Waals surface area contributed by atoms with Crippen LogP contribution in [-0.2, 0) is 9.59 Å². The third-order valence-electron chi connectivity index (χ3n) is 3.40. The van der Waals surface area contributed by atoms with Crippen LogP contribution in [0.3, 0.4) is 0 Å². The zero-order valence-corrected chi connectivity index (χ0v) is 15.5. The number of aryl methyl sites for hydroxylation is 1. The molecular formula is C18H18ClFN2O2S. The molecule has 0 unspecified atom stereocenters. The number of hydrogen-bond acceptors (Lipinski definition) is 3. The van der Waals surface area contributed by atoms with Gasteiger partial charge in [0.25, 0.3) is 0 Å². The minimum atomic E-state index is -0.498. The molecule has 132 valence electrons. The molecule has 0 aliphatic rings. The lowest BCUT2D eigenvalue weighted by molar-refractivity contribution is -0.131. The number of carbonyl (C=O) groups excluding carboxylic acids is 2. The molecule has 25 heavy (non-hydrogen) atoms. The fourth-order valence-electron chi connectivity index (χ4n) is 1.96. The van der Waals surface area contributed by atoms with E-state index in [1.54, 1.807) is 13.1 Å². The summed E-state index contributed by atoms with van der Waals surface area (Å²) in [4.78, 5) is 26.2. The molecule has 0 spiro atoms. The SMILES string of the molecule is Cc1ccc(NC(=O)CN(C)C(=O)CSc2ccc(F)c(Cl)c2)cc1. The van der Waals surface area contributed by atoms with Crippen molar-refractivity contribution in [2.75, 3.05) is 24.7 Å². The van der Waals surface area contributed by atoms with Crippen molar-refractivity contribution in [1.82, 2.24) is 4.90 Å². The molecule has 2 aromatic rings. The number of hydrogen-bond donors (Lipinski definition) is 1. The molecule has 0 saturated heterocycles. The molecule has 0 fully saturated rings. The van der Waals surface area contributed by atoms with Crippen LogP contribution in [0.25, 0.3) is 0 Å². The predicted octanol–water partition coefficient (Wildman–Crippen LogP) is 3.98. The van der Waals surface area contributed by atoms with Crippen molar-refractivity contribution in [2.24, 2.45) is 0 Å². The van der Waals surface area contributed by atoms with E-state index in [1.807, 2.05) is 31.2 Å². The lowest BCUT2D eigenvalue weighted by atomic mass is 10.2. The highest BCUT2D eigenvalue weighted by Crippen LogP contribution is 2.24. The zero-order chi connectivity index (χ0) is 18.4. The molecule has 0 atom stereocenters. The number of nitrogens with zero attached hydrogens (tertiary/aromatic N) is 1. The van der Waals surface area contributed by atoms with Gasteiger partial charge in [0.2, 0.25) is 11.8 Å². The highest BCUT2D eigenvalue weighted by molar-refractivity contribution is 8.00. The summed E-state index contributed by atoms with van der Waals surface area (Å²) in [7, 11) is 1.56. The Balaban J connectivity index is 1.81. The van der Waals surface area contributed by atoms with E-state index in [0.717, 1.165) is 5.56 Å². The maximum Gasteiger partial charge on any atom is 0.243 e. The van der Waals surface area contributed by atoms with Gasteiger partial charge in [0, 0.05) is 17.6 Å². The standard InChI is InChI=1S/C18H18ClFN2O2S/c1-12-3-5-13(6-4-12)21-17(23)10-22(2)18(24)11-25-14-7-8-16(20)15(19)9-14/h3-9H,10-11H2,1-2H3,(H,21,23). The molecule has 0 aliphatic heterocycles. The highest BCUT2D eigenvalue weighted by Gasteiger charge is 2.14. The van der Waals surface area contributed by atoms with Crippen LogP contribution in [0.1, 0.15) is 5.56 Å². The molecule has 0 aromatic heterocycles. The second kappa shape index (κ2) is 8.87. The summed E-state index contributed by atoms with van der Waals surface area (Å²) < 4.78 is 13.1. The summed E-state index contributed by atoms with van der Waals surface area (Å²) in [5.74, 6) is -0.836. The minimum absolute atomic E-state index is 0.0169. The fraction of sp³-hybridized carbons (Fsp3) is 0.222. The number of rotatable bonds is 6. The van der Waals surface area contributed by atoms with Gasteiger partial charge in [0.1, 0.15) is 5.82 Å². The van der Waals surface area contributed by atoms with Crippen LogP contribution >= 0.6 is 23.4 Å². The second-order valence-corrected chi connectivity index (χ2v) is 6.98. The van der Waals surface area contributed by atoms with Crippen molar-refractivity contribution in [3.63, 3.8) is 0 Å². The Morgan fingerprint density at radius 2 is 1.88 bits per heavy atom. The van der Waals surface area contributed by atoms with Crippen LogP contribution in [0.5, 0.6) is 0 Å². The van der Waals surface area contributed by atoms with E-state index in [4.69, 9.17) is 11.6 Å². The molecule has 2 aromatic carbocycles. The largest absolute Gasteiger partial charge is 0.336 e. The third-order valence-corrected chi connectivity index (χ3v) is 4.66. The van der Waals surface area contributed by atoms with Crippen molar-refractivity contribution >= 4 is 40.9 Å². The van der Waals surface area contributed by atoms with Gasteiger partial charge in [-0.15, -0.1) is 11.8 Å². The lowest BCUT2D eigenvalue weighted by Gasteiger charge is -2.16. The number of benzene rings is 2. The number of halogens is 2. The molecule has 0 heterocycles. The number of nitrogens with one attached hydrogen (secondary N) is 1. The Morgan fingerprint density at radius 3 is 2.52 bits per heavy atom. The third kappa shape index (κ3) is 6.07. The summed E-state index contributed by atoms with van der Waals surface area (Å²) in [5.41, 5.74) is 1.79. The van der Waals surface area contributed by atoms with Crippen LogP contribution in [0, 0.1) is 12.7 Å². The van der Waals surface area contributed by atoms with Gasteiger partial charge < -0.3 is 10.2 Å². The molecule has 4 nitrogen and oxygen atoms in total. The molecular weight excluding hydrogens is 363 g/mol. The minimum Gasteiger partial charge on any atom is -0.336 e. The smallest absolute Gasteiger partial charge is 0.243 e. The van der Waals surface area contributed by atoms with Gasteiger partial charge in [-0.05, 0) is 37.3 Å². The van der Waals surface area contributed by atoms with E-state index in [0.29, 0.717) is 10.6 Å². The van der Waals surface area contributed by atoms with Crippen molar-refractivity contribution in [1.29, 1.82) is 0 Å². The maximum atomic E-state index is 13.1. The first kappa shape index (κ1) is 19.3. The molecule has 2 rings (SSSR count). The Bertz CT molecular complexity index is 768. The van der Waals surface area contributed by atoms with Crippen molar-refractivity contribution in [2.45, 2.75) is 11.8 Å². The number of likely N-dealkylation sites (N-methyl/N-ethyl adjacent to an activating group) is 1. The van der Waals surface area contributed by atoms with Crippen LogP contribution in [0.15, 0.2) is 47.4 Å². The molecule has 0 radical (unpaired) electrons. The first-order chi connectivity index (χ1) is 11.8. The Labute approximate surface area is 155 Å². The van der Waals surface area contributed by atoms with Crippen LogP contribution in [0.2, 0.25) is 5.02 Å². The number of thioether (sulfide) groups is 1. The number of amides is 2. The van der Waals surface area contributed by atoms with Crippen LogP contribution < -0.4 is 5.32 Å². The summed E-state index contributed by atoms with van der Waals surface area (Å²) >= 11 is 6.95. The lowest BCUT2D eigenvalue weighted by Crippen LogP contribution is -2.35. The normalized spacial score (nSPS) is 10.4. The maximum absolute atomic E-state index is 13.1. The summed E-state index contributed by atoms with van der Waals surface area (Å²) in [6.45, 7) is 1.92. The molecule has 0 saturated carbocycles. The summed E-state index contributed by atoms with van der Waals surface area (Å²) in [5, 5.41) is 2.76. The van der Waals surface area contributed by atoms with Gasteiger partial charge in [-0.2, -0.15) is 0 Å². The second-order valence-electron chi connectivity index (χ2n) is 5.53. The molecule has 1 N–H and O–H groups in total. The Hall–Kier alpha value is -2.05. The Kier molecular flexibility index (Phi) is 6.84. The van der Waals surface area contributed by atoms with Gasteiger partial charge in [-0.3, -0.25) is 9.59 Å². The highest BCUT2D eigenvalue weighted by atomic mass is 35.5. The first-order valence-electron chi connectivity index (χ1n) is 7.53. The zero-order valence-electron chi connectivity index (χ0n) is 13.9. The molecule has 7 heteroatoms. The van der Waals surface area contributed by atoms with Crippen molar-refractivity contribution in [3.8, 4) is 0 Å². The molecule has 0 bridgehead atoms. The van der Waals surface area contributed by atoms with Gasteiger partial charge in [-0.25, -0.2) is 4.39 Å². The van der Waals surface area contributed by atoms with E-state index in [-0.39, 0.29) is 29.1 Å². The van der Waals surface area contributed by atoms with Crippen molar-refractivity contribution < 1.29 is 14.0 Å². The van der Waals surface area contributed by atoms with Gasteiger partial charge in [-0.1, -0.05) is 29.3 Å². The first-order valence-corrected chi connectivity index (χ1v) is 8.90. The fourth-order valence-corrected chi connectivity index (χ4v) is 3.08. The van der Waals surface area contributed by atoms with Gasteiger partial charge in [0.15, 0.2) is 0 Å². The molecule has 0 aliphatic carbocycles. The van der Waals surface area contributed by atoms with Gasteiger partial charge >= 0.3 is 0 Å². The number of carbonyl (C=O) groups is 2. The van der Waals surface area contributed by atoms with Crippen molar-refractivity contribution in [3.05, 3.63) is 58.9 Å². The van der Waals surface area contributed by atoms with E-state index < -0.39 is 5.82 Å². The van der Waals surface area contributed by atoms with E-state index in [9.17, 15) is 14.0 Å². The van der Waals surface area contributed by atoms with E-state index in [2.05, 4.69) is 5.32 Å². The summed E-state index contributed by atoms with van der Waals surface area (Å²) in [6, 6.07) is 11.7. The van der Waals surface area contributed by atoms with E-state index in [1.165, 1.54) is 28.8 Å².